The Hall–Kier alpha value is -1.43. The molecular weight excluding hydrogens is 308 g/mol. The van der Waals surface area contributed by atoms with E-state index < -0.39 is 0 Å². The van der Waals surface area contributed by atoms with Crippen molar-refractivity contribution < 1.29 is 9.84 Å². The molecule has 1 saturated heterocycles. The molecule has 1 aliphatic heterocycles. The molecule has 0 bridgehead atoms. The van der Waals surface area contributed by atoms with E-state index in [1.807, 2.05) is 18.2 Å². The molecule has 23 heavy (non-hydrogen) atoms. The van der Waals surface area contributed by atoms with Crippen LogP contribution >= 0.6 is 11.3 Å². The average molecular weight is 332 g/mol. The molecule has 2 aromatic rings. The Kier molecular flexibility index (Phi) is 5.65. The lowest BCUT2D eigenvalue weighted by Gasteiger charge is -2.35. The summed E-state index contributed by atoms with van der Waals surface area (Å²) in [6, 6.07) is 8.50. The number of ether oxygens (including phenoxy) is 1. The third-order valence-electron chi connectivity index (χ3n) is 4.47. The van der Waals surface area contributed by atoms with Crippen LogP contribution in [0.5, 0.6) is 5.75 Å². The molecule has 1 N–H and O–H groups in total. The number of nitrogens with zero attached hydrogens (tertiary/aromatic N) is 2. The van der Waals surface area contributed by atoms with Crippen LogP contribution in [-0.4, -0.2) is 41.3 Å². The molecule has 2 heterocycles. The smallest absolute Gasteiger partial charge is 0.129 e. The van der Waals surface area contributed by atoms with Gasteiger partial charge in [-0.2, -0.15) is 0 Å². The molecule has 0 amide bonds. The van der Waals surface area contributed by atoms with E-state index in [0.29, 0.717) is 6.04 Å². The Morgan fingerprint density at radius 2 is 2.22 bits per heavy atom. The Balaban J connectivity index is 1.74. The molecule has 4 nitrogen and oxygen atoms in total. The third kappa shape index (κ3) is 3.91. The van der Waals surface area contributed by atoms with E-state index in [2.05, 4.69) is 16.3 Å². The first-order chi connectivity index (χ1) is 11.3. The van der Waals surface area contributed by atoms with E-state index in [0.717, 1.165) is 41.5 Å². The predicted molar refractivity (Wildman–Crippen MR) is 93.9 cm³/mol. The molecule has 1 aromatic carbocycles. The zero-order valence-electron chi connectivity index (χ0n) is 13.6. The first kappa shape index (κ1) is 16.4. The summed E-state index contributed by atoms with van der Waals surface area (Å²) >= 11 is 1.67. The standard InChI is InChI=1S/C18H24N2O2S/c1-22-17-8-3-2-7-16(17)18-19-14(13-23-18)12-20-10-5-4-6-15(20)9-11-21/h2-3,7-8,13,15,21H,4-6,9-12H2,1H3. The van der Waals surface area contributed by atoms with Crippen molar-refractivity contribution in [1.29, 1.82) is 0 Å². The summed E-state index contributed by atoms with van der Waals surface area (Å²) in [5.41, 5.74) is 2.16. The lowest BCUT2D eigenvalue weighted by molar-refractivity contribution is 0.111. The second-order valence-corrected chi connectivity index (χ2v) is 6.83. The van der Waals surface area contributed by atoms with Crippen molar-refractivity contribution >= 4 is 11.3 Å². The lowest BCUT2D eigenvalue weighted by Crippen LogP contribution is -2.39. The van der Waals surface area contributed by atoms with E-state index in [4.69, 9.17) is 9.72 Å². The molecule has 0 spiro atoms. The predicted octanol–water partition coefficient (Wildman–Crippen LogP) is 3.56. The van der Waals surface area contributed by atoms with Gasteiger partial charge in [0.05, 0.1) is 18.4 Å². The number of likely N-dealkylation sites (tertiary alicyclic amines) is 1. The van der Waals surface area contributed by atoms with Gasteiger partial charge in [-0.05, 0) is 37.9 Å². The number of thiazole rings is 1. The van der Waals surface area contributed by atoms with E-state index >= 15 is 0 Å². The SMILES string of the molecule is COc1ccccc1-c1nc(CN2CCCCC2CCO)cs1. The fraction of sp³-hybridized carbons (Fsp3) is 0.500. The zero-order valence-corrected chi connectivity index (χ0v) is 14.4. The maximum atomic E-state index is 9.26. The van der Waals surface area contributed by atoms with Crippen molar-refractivity contribution in [3.63, 3.8) is 0 Å². The number of benzene rings is 1. The van der Waals surface area contributed by atoms with Crippen LogP contribution in [0.25, 0.3) is 10.6 Å². The topological polar surface area (TPSA) is 45.6 Å². The van der Waals surface area contributed by atoms with Gasteiger partial charge in [-0.3, -0.25) is 4.90 Å². The summed E-state index contributed by atoms with van der Waals surface area (Å²) < 4.78 is 5.44. The van der Waals surface area contributed by atoms with Crippen molar-refractivity contribution in [2.24, 2.45) is 0 Å². The van der Waals surface area contributed by atoms with Gasteiger partial charge < -0.3 is 9.84 Å². The minimum absolute atomic E-state index is 0.269. The van der Waals surface area contributed by atoms with E-state index in [1.165, 1.54) is 19.3 Å². The molecular formula is C18H24N2O2S. The highest BCUT2D eigenvalue weighted by atomic mass is 32.1. The van der Waals surface area contributed by atoms with Crippen molar-refractivity contribution in [1.82, 2.24) is 9.88 Å². The number of piperidine rings is 1. The molecule has 124 valence electrons. The van der Waals surface area contributed by atoms with Gasteiger partial charge in [-0.15, -0.1) is 11.3 Å². The Labute approximate surface area is 141 Å². The monoisotopic (exact) mass is 332 g/mol. The first-order valence-electron chi connectivity index (χ1n) is 8.24. The molecule has 0 aliphatic carbocycles. The number of methoxy groups -OCH3 is 1. The highest BCUT2D eigenvalue weighted by Crippen LogP contribution is 2.32. The Morgan fingerprint density at radius 1 is 1.35 bits per heavy atom. The summed E-state index contributed by atoms with van der Waals surface area (Å²) in [6.07, 6.45) is 4.56. The second kappa shape index (κ2) is 7.90. The molecule has 1 aromatic heterocycles. The molecule has 1 aliphatic rings. The van der Waals surface area contributed by atoms with Crippen LogP contribution in [0.2, 0.25) is 0 Å². The van der Waals surface area contributed by atoms with Crippen LogP contribution in [0, 0.1) is 0 Å². The van der Waals surface area contributed by atoms with Gasteiger partial charge in [0.15, 0.2) is 0 Å². The lowest BCUT2D eigenvalue weighted by atomic mass is 9.99. The van der Waals surface area contributed by atoms with Crippen LogP contribution in [0.15, 0.2) is 29.6 Å². The van der Waals surface area contributed by atoms with Crippen molar-refractivity contribution in [3.8, 4) is 16.3 Å². The number of aliphatic hydroxyl groups is 1. The highest BCUT2D eigenvalue weighted by molar-refractivity contribution is 7.13. The van der Waals surface area contributed by atoms with E-state index in [-0.39, 0.29) is 6.61 Å². The van der Waals surface area contributed by atoms with Crippen LogP contribution in [0.4, 0.5) is 0 Å². The van der Waals surface area contributed by atoms with Gasteiger partial charge >= 0.3 is 0 Å². The second-order valence-electron chi connectivity index (χ2n) is 5.98. The van der Waals surface area contributed by atoms with Gasteiger partial charge in [0.2, 0.25) is 0 Å². The molecule has 1 fully saturated rings. The molecule has 0 radical (unpaired) electrons. The zero-order chi connectivity index (χ0) is 16.1. The summed E-state index contributed by atoms with van der Waals surface area (Å²) in [4.78, 5) is 7.29. The van der Waals surface area contributed by atoms with Crippen LogP contribution in [0.3, 0.4) is 0 Å². The molecule has 5 heteroatoms. The molecule has 1 atom stereocenters. The van der Waals surface area contributed by atoms with Crippen molar-refractivity contribution in [3.05, 3.63) is 35.3 Å². The highest BCUT2D eigenvalue weighted by Gasteiger charge is 2.22. The maximum Gasteiger partial charge on any atom is 0.129 e. The number of hydrogen-bond donors (Lipinski definition) is 1. The number of para-hydroxylation sites is 1. The fourth-order valence-corrected chi connectivity index (χ4v) is 4.12. The van der Waals surface area contributed by atoms with Crippen LogP contribution in [0.1, 0.15) is 31.4 Å². The number of hydrogen-bond acceptors (Lipinski definition) is 5. The largest absolute Gasteiger partial charge is 0.496 e. The number of aromatic nitrogens is 1. The summed E-state index contributed by atoms with van der Waals surface area (Å²) in [7, 11) is 1.70. The van der Waals surface area contributed by atoms with Crippen LogP contribution in [-0.2, 0) is 6.54 Å². The van der Waals surface area contributed by atoms with Gasteiger partial charge in [0.1, 0.15) is 10.8 Å². The molecule has 1 unspecified atom stereocenters. The normalized spacial score (nSPS) is 19.0. The summed E-state index contributed by atoms with van der Waals surface area (Å²) in [6.45, 7) is 2.24. The maximum absolute atomic E-state index is 9.26. The van der Waals surface area contributed by atoms with E-state index in [1.54, 1.807) is 18.4 Å². The first-order valence-corrected chi connectivity index (χ1v) is 9.12. The molecule has 3 rings (SSSR count). The third-order valence-corrected chi connectivity index (χ3v) is 5.39. The van der Waals surface area contributed by atoms with Gasteiger partial charge in [0.25, 0.3) is 0 Å². The van der Waals surface area contributed by atoms with Crippen molar-refractivity contribution in [2.75, 3.05) is 20.3 Å². The average Bonchev–Trinajstić information content (AvgIpc) is 3.05. The Bertz CT molecular complexity index is 627. The fourth-order valence-electron chi connectivity index (χ4n) is 3.28. The van der Waals surface area contributed by atoms with Crippen molar-refractivity contribution in [2.45, 2.75) is 38.3 Å². The minimum Gasteiger partial charge on any atom is -0.496 e. The van der Waals surface area contributed by atoms with Crippen LogP contribution < -0.4 is 4.74 Å². The number of rotatable bonds is 6. The minimum atomic E-state index is 0.269. The van der Waals surface area contributed by atoms with Gasteiger partial charge in [-0.1, -0.05) is 18.6 Å². The Morgan fingerprint density at radius 3 is 3.04 bits per heavy atom. The van der Waals surface area contributed by atoms with E-state index in [9.17, 15) is 5.11 Å². The number of aliphatic hydroxyl groups excluding tert-OH is 1. The quantitative estimate of drug-likeness (QED) is 0.878. The summed E-state index contributed by atoms with van der Waals surface area (Å²) in [5.74, 6) is 0.865. The molecule has 0 saturated carbocycles. The van der Waals surface area contributed by atoms with Gasteiger partial charge in [0, 0.05) is 24.6 Å². The summed E-state index contributed by atoms with van der Waals surface area (Å²) in [5, 5.41) is 12.4. The van der Waals surface area contributed by atoms with Gasteiger partial charge in [-0.25, -0.2) is 4.98 Å².